The molecular formula is C14H10IN3O. The van der Waals surface area contributed by atoms with Crippen molar-refractivity contribution in [3.05, 3.63) is 62.7 Å². The average Bonchev–Trinajstić information content (AvgIpc) is 2.44. The van der Waals surface area contributed by atoms with E-state index >= 15 is 0 Å². The minimum atomic E-state index is -0.140. The van der Waals surface area contributed by atoms with E-state index in [1.807, 2.05) is 52.9 Å². The molecule has 1 heterocycles. The molecule has 5 heteroatoms. The lowest BCUT2D eigenvalue weighted by Gasteiger charge is -2.09. The summed E-state index contributed by atoms with van der Waals surface area (Å²) in [5.41, 5.74) is 0.799. The highest BCUT2D eigenvalue weighted by molar-refractivity contribution is 14.1. The number of hydrogen-bond donors (Lipinski definition) is 2. The molecule has 94 valence electrons. The lowest BCUT2D eigenvalue weighted by Crippen LogP contribution is -2.12. The van der Waals surface area contributed by atoms with Gasteiger partial charge >= 0.3 is 0 Å². The molecule has 0 radical (unpaired) electrons. The molecule has 3 aromatic rings. The van der Waals surface area contributed by atoms with E-state index in [0.717, 1.165) is 16.5 Å². The molecule has 0 fully saturated rings. The second-order valence-electron chi connectivity index (χ2n) is 4.05. The Morgan fingerprint density at radius 3 is 2.79 bits per heavy atom. The van der Waals surface area contributed by atoms with Crippen LogP contribution in [0.25, 0.3) is 10.8 Å². The van der Waals surface area contributed by atoms with Crippen LogP contribution in [0.3, 0.4) is 0 Å². The van der Waals surface area contributed by atoms with Crippen molar-refractivity contribution in [2.75, 3.05) is 5.32 Å². The number of H-pyrrole nitrogens is 1. The molecule has 0 bridgehead atoms. The number of fused-ring (bicyclic) bond motifs is 1. The van der Waals surface area contributed by atoms with E-state index in [4.69, 9.17) is 0 Å². The topological polar surface area (TPSA) is 57.8 Å². The van der Waals surface area contributed by atoms with Crippen molar-refractivity contribution >= 4 is 44.9 Å². The number of aromatic nitrogens is 2. The maximum atomic E-state index is 11.6. The van der Waals surface area contributed by atoms with Crippen molar-refractivity contribution in [2.45, 2.75) is 0 Å². The summed E-state index contributed by atoms with van der Waals surface area (Å²) in [5.74, 6) is 0.570. The third-order valence-corrected chi connectivity index (χ3v) is 3.84. The van der Waals surface area contributed by atoms with Crippen molar-refractivity contribution in [1.29, 1.82) is 0 Å². The van der Waals surface area contributed by atoms with E-state index in [-0.39, 0.29) is 5.56 Å². The van der Waals surface area contributed by atoms with Gasteiger partial charge in [0.25, 0.3) is 5.56 Å². The van der Waals surface area contributed by atoms with E-state index in [0.29, 0.717) is 9.39 Å². The molecule has 0 amide bonds. The van der Waals surface area contributed by atoms with Crippen LogP contribution in [0, 0.1) is 3.57 Å². The van der Waals surface area contributed by atoms with Crippen molar-refractivity contribution in [3.8, 4) is 0 Å². The van der Waals surface area contributed by atoms with E-state index in [2.05, 4.69) is 27.4 Å². The van der Waals surface area contributed by atoms with Crippen molar-refractivity contribution in [3.63, 3.8) is 0 Å². The summed E-state index contributed by atoms with van der Waals surface area (Å²) in [6.45, 7) is 0. The van der Waals surface area contributed by atoms with Gasteiger partial charge in [0.2, 0.25) is 0 Å². The van der Waals surface area contributed by atoms with Crippen LogP contribution in [0.15, 0.2) is 53.6 Å². The number of hydrogen-bond acceptors (Lipinski definition) is 3. The van der Waals surface area contributed by atoms with Crippen LogP contribution in [0.5, 0.6) is 0 Å². The highest BCUT2D eigenvalue weighted by Crippen LogP contribution is 2.26. The fourth-order valence-corrected chi connectivity index (χ4v) is 2.36. The number of nitrogens with one attached hydrogen (secondary N) is 2. The minimum absolute atomic E-state index is 0.140. The molecule has 0 atom stereocenters. The molecule has 19 heavy (non-hydrogen) atoms. The Kier molecular flexibility index (Phi) is 3.20. The Morgan fingerprint density at radius 2 is 1.89 bits per heavy atom. The first kappa shape index (κ1) is 12.2. The molecule has 0 aliphatic heterocycles. The van der Waals surface area contributed by atoms with Gasteiger partial charge in [0.05, 0.1) is 6.33 Å². The lowest BCUT2D eigenvalue weighted by molar-refractivity contribution is 1.10. The van der Waals surface area contributed by atoms with Crippen LogP contribution in [0.1, 0.15) is 0 Å². The van der Waals surface area contributed by atoms with Crippen LogP contribution in [0.4, 0.5) is 11.5 Å². The largest absolute Gasteiger partial charge is 0.339 e. The molecule has 0 unspecified atom stereocenters. The molecule has 0 saturated heterocycles. The quantitative estimate of drug-likeness (QED) is 0.688. The standard InChI is InChI=1S/C14H10IN3O/c15-12-13(16-8-17-14(12)19)18-11-7-3-5-9-4-1-2-6-10(9)11/h1-8H,(H2,16,17,18,19). The van der Waals surface area contributed by atoms with Crippen LogP contribution in [-0.2, 0) is 0 Å². The second-order valence-corrected chi connectivity index (χ2v) is 5.12. The first-order chi connectivity index (χ1) is 9.25. The zero-order chi connectivity index (χ0) is 13.2. The molecule has 0 spiro atoms. The maximum absolute atomic E-state index is 11.6. The second kappa shape index (κ2) is 5.00. The fraction of sp³-hybridized carbons (Fsp3) is 0. The number of nitrogens with zero attached hydrogens (tertiary/aromatic N) is 1. The molecule has 0 saturated carbocycles. The minimum Gasteiger partial charge on any atom is -0.339 e. The van der Waals surface area contributed by atoms with Crippen LogP contribution in [0.2, 0.25) is 0 Å². The van der Waals surface area contributed by atoms with Gasteiger partial charge in [-0.2, -0.15) is 0 Å². The first-order valence-corrected chi connectivity index (χ1v) is 6.81. The zero-order valence-corrected chi connectivity index (χ0v) is 12.0. The highest BCUT2D eigenvalue weighted by atomic mass is 127. The number of halogens is 1. The molecule has 3 rings (SSSR count). The van der Waals surface area contributed by atoms with Crippen molar-refractivity contribution in [1.82, 2.24) is 9.97 Å². The first-order valence-electron chi connectivity index (χ1n) is 5.73. The van der Waals surface area contributed by atoms with Gasteiger partial charge in [-0.3, -0.25) is 4.79 Å². The summed E-state index contributed by atoms with van der Waals surface area (Å²) >= 11 is 1.99. The third kappa shape index (κ3) is 2.33. The van der Waals surface area contributed by atoms with Crippen LogP contribution >= 0.6 is 22.6 Å². The highest BCUT2D eigenvalue weighted by Gasteiger charge is 2.07. The average molecular weight is 363 g/mol. The zero-order valence-electron chi connectivity index (χ0n) is 9.85. The Morgan fingerprint density at radius 1 is 1.11 bits per heavy atom. The molecule has 2 N–H and O–H groups in total. The van der Waals surface area contributed by atoms with E-state index < -0.39 is 0 Å². The van der Waals surface area contributed by atoms with Crippen LogP contribution in [-0.4, -0.2) is 9.97 Å². The Balaban J connectivity index is 2.11. The summed E-state index contributed by atoms with van der Waals surface area (Å²) in [4.78, 5) is 18.3. The van der Waals surface area contributed by atoms with Gasteiger partial charge < -0.3 is 10.3 Å². The third-order valence-electron chi connectivity index (χ3n) is 2.84. The summed E-state index contributed by atoms with van der Waals surface area (Å²) < 4.78 is 0.549. The van der Waals surface area contributed by atoms with Crippen molar-refractivity contribution in [2.24, 2.45) is 0 Å². The van der Waals surface area contributed by atoms with Crippen molar-refractivity contribution < 1.29 is 0 Å². The summed E-state index contributed by atoms with van der Waals surface area (Å²) in [7, 11) is 0. The van der Waals surface area contributed by atoms with E-state index in [1.54, 1.807) is 0 Å². The maximum Gasteiger partial charge on any atom is 0.266 e. The molecule has 4 nitrogen and oxygen atoms in total. The van der Waals surface area contributed by atoms with E-state index in [1.165, 1.54) is 6.33 Å². The molecule has 1 aromatic heterocycles. The summed E-state index contributed by atoms with van der Waals surface area (Å²) in [6, 6.07) is 14.1. The Hall–Kier alpha value is -1.89. The number of anilines is 2. The van der Waals surface area contributed by atoms with Crippen LogP contribution < -0.4 is 10.9 Å². The number of benzene rings is 2. The predicted molar refractivity (Wildman–Crippen MR) is 84.8 cm³/mol. The monoisotopic (exact) mass is 363 g/mol. The number of rotatable bonds is 2. The van der Waals surface area contributed by atoms with Gasteiger partial charge in [0.15, 0.2) is 5.82 Å². The molecule has 0 aliphatic carbocycles. The van der Waals surface area contributed by atoms with Gasteiger partial charge in [0, 0.05) is 11.1 Å². The van der Waals surface area contributed by atoms with E-state index in [9.17, 15) is 4.79 Å². The SMILES string of the molecule is O=c1[nH]cnc(Nc2cccc3ccccc23)c1I. The fourth-order valence-electron chi connectivity index (χ4n) is 1.93. The summed E-state index contributed by atoms with van der Waals surface area (Å²) in [6.07, 6.45) is 1.40. The van der Waals surface area contributed by atoms with Gasteiger partial charge in [-0.05, 0) is 34.0 Å². The normalized spacial score (nSPS) is 10.6. The van der Waals surface area contributed by atoms with Gasteiger partial charge in [-0.15, -0.1) is 0 Å². The van der Waals surface area contributed by atoms with Gasteiger partial charge in [0.1, 0.15) is 3.57 Å². The number of aromatic amines is 1. The van der Waals surface area contributed by atoms with Gasteiger partial charge in [-0.25, -0.2) is 4.98 Å². The molecule has 0 aliphatic rings. The summed E-state index contributed by atoms with van der Waals surface area (Å²) in [5, 5.41) is 5.46. The predicted octanol–water partition coefficient (Wildman–Crippen LogP) is 3.27. The molecular weight excluding hydrogens is 353 g/mol. The Bertz CT molecular complexity index is 793. The molecule has 2 aromatic carbocycles. The lowest BCUT2D eigenvalue weighted by atomic mass is 10.1. The van der Waals surface area contributed by atoms with Gasteiger partial charge in [-0.1, -0.05) is 36.4 Å². The Labute approximate surface area is 123 Å². The smallest absolute Gasteiger partial charge is 0.266 e.